The standard InChI is InChI=1S/C8H11N/c1-2-3-4-8-5-6-9-7-8/h1,4,9H,3,5-7H2/b8-4-. The molecule has 1 fully saturated rings. The lowest BCUT2D eigenvalue weighted by molar-refractivity contribution is 0.862. The van der Waals surface area contributed by atoms with Crippen LogP contribution in [0.4, 0.5) is 0 Å². The molecule has 0 aliphatic carbocycles. The van der Waals surface area contributed by atoms with Crippen molar-refractivity contribution in [2.75, 3.05) is 13.1 Å². The molecule has 1 nitrogen and oxygen atoms in total. The lowest BCUT2D eigenvalue weighted by Gasteiger charge is -1.88. The molecule has 0 aromatic carbocycles. The van der Waals surface area contributed by atoms with Crippen molar-refractivity contribution in [2.45, 2.75) is 12.8 Å². The summed E-state index contributed by atoms with van der Waals surface area (Å²) in [6, 6.07) is 0. The molecule has 1 rings (SSSR count). The minimum atomic E-state index is 0.789. The monoisotopic (exact) mass is 121 g/mol. The van der Waals surface area contributed by atoms with Gasteiger partial charge in [0.15, 0.2) is 0 Å². The SMILES string of the molecule is C#CC/C=C1/CCNC1. The second kappa shape index (κ2) is 3.32. The number of terminal acetylenes is 1. The summed E-state index contributed by atoms with van der Waals surface area (Å²) >= 11 is 0. The van der Waals surface area contributed by atoms with E-state index in [0.29, 0.717) is 0 Å². The first-order chi connectivity index (χ1) is 4.43. The molecule has 1 saturated heterocycles. The zero-order chi connectivity index (χ0) is 6.53. The van der Waals surface area contributed by atoms with E-state index in [9.17, 15) is 0 Å². The van der Waals surface area contributed by atoms with Crippen LogP contribution in [0.25, 0.3) is 0 Å². The topological polar surface area (TPSA) is 12.0 Å². The number of nitrogens with one attached hydrogen (secondary N) is 1. The third-order valence-electron chi connectivity index (χ3n) is 1.48. The van der Waals surface area contributed by atoms with E-state index in [4.69, 9.17) is 6.42 Å². The Morgan fingerprint density at radius 3 is 3.22 bits per heavy atom. The van der Waals surface area contributed by atoms with Gasteiger partial charge in [0.25, 0.3) is 0 Å². The molecule has 1 heteroatoms. The molecule has 0 aromatic heterocycles. The fourth-order valence-electron chi connectivity index (χ4n) is 0.964. The summed E-state index contributed by atoms with van der Waals surface area (Å²) in [5.41, 5.74) is 1.47. The van der Waals surface area contributed by atoms with Gasteiger partial charge >= 0.3 is 0 Å². The zero-order valence-electron chi connectivity index (χ0n) is 5.48. The van der Waals surface area contributed by atoms with Crippen LogP contribution in [0.5, 0.6) is 0 Å². The van der Waals surface area contributed by atoms with E-state index >= 15 is 0 Å². The minimum absolute atomic E-state index is 0.789. The third-order valence-corrected chi connectivity index (χ3v) is 1.48. The molecule has 0 radical (unpaired) electrons. The zero-order valence-corrected chi connectivity index (χ0v) is 5.48. The second-order valence-corrected chi connectivity index (χ2v) is 2.20. The van der Waals surface area contributed by atoms with Gasteiger partial charge in [0.05, 0.1) is 0 Å². The minimum Gasteiger partial charge on any atom is -0.313 e. The molecule has 1 N–H and O–H groups in total. The summed E-state index contributed by atoms with van der Waals surface area (Å²) in [7, 11) is 0. The first-order valence-electron chi connectivity index (χ1n) is 3.25. The van der Waals surface area contributed by atoms with Crippen LogP contribution in [0.15, 0.2) is 11.6 Å². The Labute approximate surface area is 56.1 Å². The number of hydrogen-bond acceptors (Lipinski definition) is 1. The summed E-state index contributed by atoms with van der Waals surface area (Å²) in [6.45, 7) is 2.16. The Morgan fingerprint density at radius 1 is 1.78 bits per heavy atom. The average Bonchev–Trinajstić information content (AvgIpc) is 2.34. The van der Waals surface area contributed by atoms with Crippen molar-refractivity contribution in [1.29, 1.82) is 0 Å². The number of allylic oxidation sites excluding steroid dienone is 1. The Morgan fingerprint density at radius 2 is 2.67 bits per heavy atom. The van der Waals surface area contributed by atoms with Crippen LogP contribution in [-0.2, 0) is 0 Å². The van der Waals surface area contributed by atoms with Crippen LogP contribution >= 0.6 is 0 Å². The van der Waals surface area contributed by atoms with E-state index in [1.54, 1.807) is 0 Å². The molecule has 1 aliphatic rings. The van der Waals surface area contributed by atoms with Crippen molar-refractivity contribution < 1.29 is 0 Å². The third kappa shape index (κ3) is 1.91. The quantitative estimate of drug-likeness (QED) is 0.402. The molecule has 0 spiro atoms. The first kappa shape index (κ1) is 6.38. The van der Waals surface area contributed by atoms with E-state index in [-0.39, 0.29) is 0 Å². The molecule has 0 unspecified atom stereocenters. The molecule has 48 valence electrons. The molecule has 1 heterocycles. The number of hydrogen-bond donors (Lipinski definition) is 1. The lowest BCUT2D eigenvalue weighted by Crippen LogP contribution is -2.04. The number of rotatable bonds is 1. The molecule has 0 saturated carbocycles. The molecule has 0 aromatic rings. The molecule has 0 bridgehead atoms. The van der Waals surface area contributed by atoms with E-state index in [1.165, 1.54) is 12.0 Å². The predicted octanol–water partition coefficient (Wildman–Crippen LogP) is 0.929. The van der Waals surface area contributed by atoms with Crippen LogP contribution in [0, 0.1) is 12.3 Å². The summed E-state index contributed by atoms with van der Waals surface area (Å²) in [5, 5.41) is 3.24. The highest BCUT2D eigenvalue weighted by Crippen LogP contribution is 2.05. The smallest absolute Gasteiger partial charge is 0.0270 e. The van der Waals surface area contributed by atoms with Gasteiger partial charge in [-0.2, -0.15) is 0 Å². The van der Waals surface area contributed by atoms with Crippen LogP contribution < -0.4 is 5.32 Å². The van der Waals surface area contributed by atoms with Gasteiger partial charge in [-0.05, 0) is 13.0 Å². The van der Waals surface area contributed by atoms with Crippen molar-refractivity contribution in [3.63, 3.8) is 0 Å². The highest BCUT2D eigenvalue weighted by Gasteiger charge is 2.02. The van der Waals surface area contributed by atoms with Crippen LogP contribution in [0.1, 0.15) is 12.8 Å². The van der Waals surface area contributed by atoms with Crippen LogP contribution in [0.3, 0.4) is 0 Å². The normalized spacial score (nSPS) is 22.3. The van der Waals surface area contributed by atoms with E-state index in [0.717, 1.165) is 19.5 Å². The largest absolute Gasteiger partial charge is 0.313 e. The highest BCUT2D eigenvalue weighted by atomic mass is 14.9. The summed E-state index contributed by atoms with van der Waals surface area (Å²) in [6.07, 6.45) is 9.20. The van der Waals surface area contributed by atoms with Gasteiger partial charge in [0.1, 0.15) is 0 Å². The highest BCUT2D eigenvalue weighted by molar-refractivity contribution is 5.11. The van der Waals surface area contributed by atoms with Gasteiger partial charge in [0.2, 0.25) is 0 Å². The Balaban J connectivity index is 2.33. The van der Waals surface area contributed by atoms with E-state index in [2.05, 4.69) is 17.3 Å². The van der Waals surface area contributed by atoms with Gasteiger partial charge in [-0.25, -0.2) is 0 Å². The predicted molar refractivity (Wildman–Crippen MR) is 39.0 cm³/mol. The van der Waals surface area contributed by atoms with Crippen molar-refractivity contribution >= 4 is 0 Å². The lowest BCUT2D eigenvalue weighted by atomic mass is 10.2. The van der Waals surface area contributed by atoms with E-state index < -0.39 is 0 Å². The maximum atomic E-state index is 5.09. The summed E-state index contributed by atoms with van der Waals surface area (Å²) in [5.74, 6) is 2.59. The second-order valence-electron chi connectivity index (χ2n) is 2.20. The molecule has 0 amide bonds. The average molecular weight is 121 g/mol. The van der Waals surface area contributed by atoms with Gasteiger partial charge in [-0.3, -0.25) is 0 Å². The Bertz CT molecular complexity index is 142. The van der Waals surface area contributed by atoms with Gasteiger partial charge < -0.3 is 5.32 Å². The van der Waals surface area contributed by atoms with Crippen LogP contribution in [-0.4, -0.2) is 13.1 Å². The van der Waals surface area contributed by atoms with E-state index in [1.807, 2.05) is 0 Å². The molecule has 9 heavy (non-hydrogen) atoms. The van der Waals surface area contributed by atoms with Crippen molar-refractivity contribution in [2.24, 2.45) is 0 Å². The van der Waals surface area contributed by atoms with Crippen LogP contribution in [0.2, 0.25) is 0 Å². The van der Waals surface area contributed by atoms with Crippen molar-refractivity contribution in [3.05, 3.63) is 11.6 Å². The van der Waals surface area contributed by atoms with Crippen molar-refractivity contribution in [1.82, 2.24) is 5.32 Å². The van der Waals surface area contributed by atoms with Gasteiger partial charge in [-0.1, -0.05) is 11.6 Å². The molecular formula is C8H11N. The molecule has 0 atom stereocenters. The Kier molecular flexibility index (Phi) is 2.35. The maximum Gasteiger partial charge on any atom is 0.0270 e. The van der Waals surface area contributed by atoms with Crippen molar-refractivity contribution in [3.8, 4) is 12.3 Å². The maximum absolute atomic E-state index is 5.09. The molecule has 1 aliphatic heterocycles. The summed E-state index contributed by atoms with van der Waals surface area (Å²) < 4.78 is 0. The molecular weight excluding hydrogens is 110 g/mol. The fraction of sp³-hybridized carbons (Fsp3) is 0.500. The van der Waals surface area contributed by atoms with Gasteiger partial charge in [-0.15, -0.1) is 12.3 Å². The fourth-order valence-corrected chi connectivity index (χ4v) is 0.964. The summed E-state index contributed by atoms with van der Waals surface area (Å²) in [4.78, 5) is 0. The van der Waals surface area contributed by atoms with Gasteiger partial charge in [0, 0.05) is 13.0 Å². The Hall–Kier alpha value is -0.740. The first-order valence-corrected chi connectivity index (χ1v) is 3.25.